The summed E-state index contributed by atoms with van der Waals surface area (Å²) in [5.74, 6) is 0.634. The molecule has 0 radical (unpaired) electrons. The van der Waals surface area contributed by atoms with Crippen LogP contribution in [-0.2, 0) is 4.79 Å². The lowest BCUT2D eigenvalue weighted by Crippen LogP contribution is -2.08. The van der Waals surface area contributed by atoms with E-state index in [9.17, 15) is 4.79 Å². The Labute approximate surface area is 76.2 Å². The average Bonchev–Trinajstić information content (AvgIpc) is 2.04. The number of nitrogens with one attached hydrogen (secondary N) is 1. The highest BCUT2D eigenvalue weighted by atomic mass is 16.5. The Morgan fingerprint density at radius 3 is 3.00 bits per heavy atom. The van der Waals surface area contributed by atoms with Gasteiger partial charge in [0.25, 0.3) is 0 Å². The van der Waals surface area contributed by atoms with Gasteiger partial charge in [0.2, 0.25) is 11.8 Å². The second-order valence-corrected chi connectivity index (χ2v) is 2.36. The number of carbonyl (C=O) groups excluding carboxylic acids is 1. The second-order valence-electron chi connectivity index (χ2n) is 2.36. The summed E-state index contributed by atoms with van der Waals surface area (Å²) in [5, 5.41) is 2.51. The van der Waals surface area contributed by atoms with Crippen molar-refractivity contribution in [3.8, 4) is 5.88 Å². The Hall–Kier alpha value is -1.65. The average molecular weight is 181 g/mol. The van der Waals surface area contributed by atoms with Gasteiger partial charge in [-0.2, -0.15) is 4.98 Å². The van der Waals surface area contributed by atoms with E-state index in [2.05, 4.69) is 15.3 Å². The molecule has 1 N–H and O–H groups in total. The number of hydrogen-bond donors (Lipinski definition) is 1. The van der Waals surface area contributed by atoms with Crippen LogP contribution in [-0.4, -0.2) is 22.5 Å². The van der Waals surface area contributed by atoms with Gasteiger partial charge in [-0.3, -0.25) is 9.78 Å². The molecule has 0 aliphatic carbocycles. The van der Waals surface area contributed by atoms with Crippen molar-refractivity contribution in [2.75, 3.05) is 11.9 Å². The van der Waals surface area contributed by atoms with E-state index in [-0.39, 0.29) is 5.91 Å². The van der Waals surface area contributed by atoms with Crippen LogP contribution in [0.25, 0.3) is 0 Å². The van der Waals surface area contributed by atoms with Crippen LogP contribution in [0.5, 0.6) is 5.88 Å². The van der Waals surface area contributed by atoms with Gasteiger partial charge < -0.3 is 10.1 Å². The molecular weight excluding hydrogens is 170 g/mol. The van der Waals surface area contributed by atoms with Crippen molar-refractivity contribution < 1.29 is 9.53 Å². The molecule has 1 heterocycles. The molecule has 13 heavy (non-hydrogen) atoms. The van der Waals surface area contributed by atoms with Crippen LogP contribution in [0.2, 0.25) is 0 Å². The molecule has 1 aromatic rings. The molecule has 0 unspecified atom stereocenters. The molecule has 1 amide bonds. The fourth-order valence-corrected chi connectivity index (χ4v) is 0.806. The molecule has 70 valence electrons. The number of aromatic nitrogens is 2. The summed E-state index contributed by atoms with van der Waals surface area (Å²) < 4.78 is 5.10. The molecule has 0 saturated carbocycles. The molecule has 0 aliphatic rings. The highest BCUT2D eigenvalue weighted by molar-refractivity contribution is 5.87. The van der Waals surface area contributed by atoms with Crippen LogP contribution < -0.4 is 10.1 Å². The van der Waals surface area contributed by atoms with E-state index in [1.54, 1.807) is 0 Å². The van der Waals surface area contributed by atoms with Crippen LogP contribution in [0.1, 0.15) is 13.8 Å². The predicted octanol–water partition coefficient (Wildman–Crippen LogP) is 0.834. The van der Waals surface area contributed by atoms with Crippen molar-refractivity contribution in [1.82, 2.24) is 9.97 Å². The zero-order chi connectivity index (χ0) is 9.68. The third-order valence-electron chi connectivity index (χ3n) is 1.21. The number of rotatable bonds is 3. The fraction of sp³-hybridized carbons (Fsp3) is 0.375. The molecule has 0 spiro atoms. The first-order valence-electron chi connectivity index (χ1n) is 3.94. The summed E-state index contributed by atoms with van der Waals surface area (Å²) in [6.45, 7) is 3.79. The van der Waals surface area contributed by atoms with Gasteiger partial charge in [0, 0.05) is 6.92 Å². The van der Waals surface area contributed by atoms with E-state index in [1.807, 2.05) is 6.92 Å². The maximum atomic E-state index is 10.7. The van der Waals surface area contributed by atoms with Crippen LogP contribution in [0.4, 0.5) is 5.82 Å². The largest absolute Gasteiger partial charge is 0.477 e. The highest BCUT2D eigenvalue weighted by Crippen LogP contribution is 2.08. The summed E-state index contributed by atoms with van der Waals surface area (Å²) >= 11 is 0. The smallest absolute Gasteiger partial charge is 0.234 e. The minimum absolute atomic E-state index is 0.178. The number of ether oxygens (including phenoxy) is 1. The SMILES string of the molecule is CCOc1cncc(NC(C)=O)n1. The zero-order valence-electron chi connectivity index (χ0n) is 7.57. The lowest BCUT2D eigenvalue weighted by Gasteiger charge is -2.03. The van der Waals surface area contributed by atoms with E-state index in [1.165, 1.54) is 19.3 Å². The fourth-order valence-electron chi connectivity index (χ4n) is 0.806. The van der Waals surface area contributed by atoms with Gasteiger partial charge in [-0.25, -0.2) is 0 Å². The summed E-state index contributed by atoms with van der Waals surface area (Å²) in [6, 6.07) is 0. The van der Waals surface area contributed by atoms with Crippen molar-refractivity contribution in [1.29, 1.82) is 0 Å². The van der Waals surface area contributed by atoms with Crippen LogP contribution in [0, 0.1) is 0 Å². The topological polar surface area (TPSA) is 64.1 Å². The maximum absolute atomic E-state index is 10.7. The molecule has 0 atom stereocenters. The Kier molecular flexibility index (Phi) is 3.19. The van der Waals surface area contributed by atoms with Crippen LogP contribution in [0.15, 0.2) is 12.4 Å². The first kappa shape index (κ1) is 9.44. The van der Waals surface area contributed by atoms with Gasteiger partial charge in [0.05, 0.1) is 19.0 Å². The normalized spacial score (nSPS) is 9.38. The molecule has 0 bridgehead atoms. The summed E-state index contributed by atoms with van der Waals surface area (Å²) in [4.78, 5) is 18.5. The molecular formula is C8H11N3O2. The highest BCUT2D eigenvalue weighted by Gasteiger charge is 1.99. The molecule has 5 nitrogen and oxygen atoms in total. The summed E-state index contributed by atoms with van der Waals surface area (Å²) in [5.41, 5.74) is 0. The van der Waals surface area contributed by atoms with Gasteiger partial charge >= 0.3 is 0 Å². The van der Waals surface area contributed by atoms with E-state index in [0.717, 1.165) is 0 Å². The standard InChI is InChI=1S/C8H11N3O2/c1-3-13-8-5-9-4-7(11-8)10-6(2)12/h4-5H,3H2,1-2H3,(H,10,11,12). The van der Waals surface area contributed by atoms with Crippen molar-refractivity contribution in [3.05, 3.63) is 12.4 Å². The van der Waals surface area contributed by atoms with E-state index in [0.29, 0.717) is 18.3 Å². The van der Waals surface area contributed by atoms with Crippen LogP contribution in [0.3, 0.4) is 0 Å². The Morgan fingerprint density at radius 1 is 1.62 bits per heavy atom. The predicted molar refractivity (Wildman–Crippen MR) is 47.5 cm³/mol. The Bertz CT molecular complexity index is 301. The first-order valence-corrected chi connectivity index (χ1v) is 3.94. The van der Waals surface area contributed by atoms with Crippen molar-refractivity contribution in [3.63, 3.8) is 0 Å². The minimum Gasteiger partial charge on any atom is -0.477 e. The number of hydrogen-bond acceptors (Lipinski definition) is 4. The quantitative estimate of drug-likeness (QED) is 0.750. The summed E-state index contributed by atoms with van der Waals surface area (Å²) in [7, 11) is 0. The zero-order valence-corrected chi connectivity index (χ0v) is 7.57. The molecule has 1 rings (SSSR count). The molecule has 1 aromatic heterocycles. The number of carbonyl (C=O) groups is 1. The Balaban J connectivity index is 2.73. The van der Waals surface area contributed by atoms with E-state index < -0.39 is 0 Å². The van der Waals surface area contributed by atoms with Gasteiger partial charge in [-0.1, -0.05) is 0 Å². The van der Waals surface area contributed by atoms with Crippen molar-refractivity contribution in [2.45, 2.75) is 13.8 Å². The third-order valence-corrected chi connectivity index (χ3v) is 1.21. The number of nitrogens with zero attached hydrogens (tertiary/aromatic N) is 2. The molecule has 0 aromatic carbocycles. The Morgan fingerprint density at radius 2 is 2.38 bits per heavy atom. The number of anilines is 1. The molecule has 0 fully saturated rings. The van der Waals surface area contributed by atoms with Gasteiger partial charge in [0.15, 0.2) is 5.82 Å². The number of amides is 1. The van der Waals surface area contributed by atoms with E-state index >= 15 is 0 Å². The minimum atomic E-state index is -0.178. The van der Waals surface area contributed by atoms with Gasteiger partial charge in [-0.15, -0.1) is 0 Å². The lowest BCUT2D eigenvalue weighted by atomic mass is 10.6. The second kappa shape index (κ2) is 4.39. The first-order chi connectivity index (χ1) is 6.22. The maximum Gasteiger partial charge on any atom is 0.234 e. The molecule has 5 heteroatoms. The lowest BCUT2D eigenvalue weighted by molar-refractivity contribution is -0.114. The monoisotopic (exact) mass is 181 g/mol. The molecule has 0 saturated heterocycles. The van der Waals surface area contributed by atoms with E-state index in [4.69, 9.17) is 4.74 Å². The molecule has 0 aliphatic heterocycles. The third kappa shape index (κ3) is 3.06. The van der Waals surface area contributed by atoms with Gasteiger partial charge in [-0.05, 0) is 6.92 Å². The van der Waals surface area contributed by atoms with Crippen molar-refractivity contribution >= 4 is 11.7 Å². The van der Waals surface area contributed by atoms with Gasteiger partial charge in [0.1, 0.15) is 0 Å². The summed E-state index contributed by atoms with van der Waals surface area (Å²) in [6.07, 6.45) is 2.96. The van der Waals surface area contributed by atoms with Crippen LogP contribution >= 0.6 is 0 Å². The van der Waals surface area contributed by atoms with Crippen molar-refractivity contribution in [2.24, 2.45) is 0 Å².